The number of hydrogen-bond acceptors (Lipinski definition) is 4. The number of hydrogen-bond donors (Lipinski definition) is 0. The van der Waals surface area contributed by atoms with Crippen molar-refractivity contribution in [2.24, 2.45) is 0 Å². The monoisotopic (exact) mass is 165 g/mol. The smallest absolute Gasteiger partial charge is 0.170 e. The molecule has 0 saturated heterocycles. The number of rotatable bonds is 4. The fourth-order valence-corrected chi connectivity index (χ4v) is 0.972. The van der Waals surface area contributed by atoms with E-state index in [0.29, 0.717) is 5.82 Å². The lowest BCUT2D eigenvalue weighted by atomic mass is 10.2. The van der Waals surface area contributed by atoms with Crippen LogP contribution in [0.25, 0.3) is 0 Å². The lowest BCUT2D eigenvalue weighted by Crippen LogP contribution is -1.99. The van der Waals surface area contributed by atoms with Crippen molar-refractivity contribution >= 4 is 0 Å². The maximum Gasteiger partial charge on any atom is 0.209 e. The van der Waals surface area contributed by atoms with E-state index in [1.807, 2.05) is 6.19 Å². The van der Waals surface area contributed by atoms with Gasteiger partial charge in [0, 0.05) is 6.42 Å². The van der Waals surface area contributed by atoms with E-state index in [1.165, 1.54) is 0 Å². The van der Waals surface area contributed by atoms with Crippen LogP contribution in [0.15, 0.2) is 0 Å². The topological polar surface area (TPSA) is 67.4 Å². The van der Waals surface area contributed by atoms with Gasteiger partial charge in [0.25, 0.3) is 0 Å². The minimum atomic E-state index is 0.658. The van der Waals surface area contributed by atoms with Gasteiger partial charge < -0.3 is 0 Å². The Morgan fingerprint density at radius 1 is 1.50 bits per heavy atom. The molecule has 5 nitrogen and oxygen atoms in total. The molecule has 0 unspecified atom stereocenters. The highest BCUT2D eigenvalue weighted by Crippen LogP contribution is 2.01. The van der Waals surface area contributed by atoms with Crippen LogP contribution in [0.4, 0.5) is 0 Å². The third-order valence-electron chi connectivity index (χ3n) is 1.63. The largest absolute Gasteiger partial charge is 0.209 e. The Hall–Kier alpha value is -1.44. The summed E-state index contributed by atoms with van der Waals surface area (Å²) in [6.45, 7) is 2.13. The van der Waals surface area contributed by atoms with Gasteiger partial charge in [-0.05, 0) is 16.8 Å². The van der Waals surface area contributed by atoms with Gasteiger partial charge in [-0.15, -0.1) is 9.78 Å². The van der Waals surface area contributed by atoms with Gasteiger partial charge >= 0.3 is 0 Å². The molecule has 5 heteroatoms. The molecule has 0 radical (unpaired) electrons. The van der Waals surface area contributed by atoms with Crippen molar-refractivity contribution in [2.75, 3.05) is 0 Å². The molecule has 0 fully saturated rings. The predicted molar refractivity (Wildman–Crippen MR) is 42.1 cm³/mol. The number of tetrazole rings is 1. The van der Waals surface area contributed by atoms with E-state index in [0.717, 1.165) is 30.4 Å². The molecule has 64 valence electrons. The SMILES string of the molecule is CCCCCc1nnnn1C#N. The van der Waals surface area contributed by atoms with Gasteiger partial charge in [-0.3, -0.25) is 0 Å². The Morgan fingerprint density at radius 2 is 2.33 bits per heavy atom. The molecule has 0 saturated carbocycles. The van der Waals surface area contributed by atoms with Crippen molar-refractivity contribution in [1.82, 2.24) is 20.2 Å². The fraction of sp³-hybridized carbons (Fsp3) is 0.714. The van der Waals surface area contributed by atoms with Crippen LogP contribution < -0.4 is 0 Å². The molecule has 1 aromatic rings. The Labute approximate surface area is 71.0 Å². The van der Waals surface area contributed by atoms with Gasteiger partial charge in [0.15, 0.2) is 5.82 Å². The molecule has 0 aromatic carbocycles. The summed E-state index contributed by atoms with van der Waals surface area (Å²) in [5.74, 6) is 0.658. The molecule has 0 aliphatic carbocycles. The summed E-state index contributed by atoms with van der Waals surface area (Å²) in [6.07, 6.45) is 6.02. The molecule has 0 spiro atoms. The molecule has 0 bridgehead atoms. The lowest BCUT2D eigenvalue weighted by Gasteiger charge is -1.94. The van der Waals surface area contributed by atoms with E-state index in [1.54, 1.807) is 0 Å². The Bertz CT molecular complexity index is 272. The quantitative estimate of drug-likeness (QED) is 0.617. The van der Waals surface area contributed by atoms with Crippen molar-refractivity contribution in [1.29, 1.82) is 5.26 Å². The maximum atomic E-state index is 8.53. The molecule has 0 amide bonds. The summed E-state index contributed by atoms with van der Waals surface area (Å²) in [4.78, 5) is 0. The number of nitriles is 1. The summed E-state index contributed by atoms with van der Waals surface area (Å²) >= 11 is 0. The summed E-state index contributed by atoms with van der Waals surface area (Å²) in [6, 6.07) is 0. The van der Waals surface area contributed by atoms with Crippen molar-refractivity contribution < 1.29 is 0 Å². The summed E-state index contributed by atoms with van der Waals surface area (Å²) in [5.41, 5.74) is 0. The third kappa shape index (κ3) is 2.02. The van der Waals surface area contributed by atoms with Crippen molar-refractivity contribution in [2.45, 2.75) is 32.6 Å². The molecular weight excluding hydrogens is 154 g/mol. The first-order chi connectivity index (χ1) is 5.88. The lowest BCUT2D eigenvalue weighted by molar-refractivity contribution is 0.676. The predicted octanol–water partition coefficient (Wildman–Crippen LogP) is 0.735. The minimum absolute atomic E-state index is 0.658. The number of aryl methyl sites for hydroxylation is 1. The highest BCUT2D eigenvalue weighted by molar-refractivity contribution is 4.89. The molecule has 1 rings (SSSR count). The first kappa shape index (κ1) is 8.65. The van der Waals surface area contributed by atoms with E-state index in [4.69, 9.17) is 5.26 Å². The highest BCUT2D eigenvalue weighted by atomic mass is 15.5. The number of unbranched alkanes of at least 4 members (excludes halogenated alkanes) is 2. The van der Waals surface area contributed by atoms with Gasteiger partial charge in [-0.2, -0.15) is 5.26 Å². The second-order valence-corrected chi connectivity index (χ2v) is 2.56. The zero-order valence-corrected chi connectivity index (χ0v) is 7.06. The van der Waals surface area contributed by atoms with Gasteiger partial charge in [-0.1, -0.05) is 19.8 Å². The van der Waals surface area contributed by atoms with Crippen LogP contribution in [0.2, 0.25) is 0 Å². The van der Waals surface area contributed by atoms with Crippen LogP contribution in [-0.2, 0) is 6.42 Å². The van der Waals surface area contributed by atoms with Crippen LogP contribution in [0.3, 0.4) is 0 Å². The van der Waals surface area contributed by atoms with Gasteiger partial charge in [0.2, 0.25) is 6.19 Å². The Morgan fingerprint density at radius 3 is 3.00 bits per heavy atom. The van der Waals surface area contributed by atoms with Crippen LogP contribution in [0, 0.1) is 11.5 Å². The molecule has 0 N–H and O–H groups in total. The molecule has 0 aliphatic heterocycles. The van der Waals surface area contributed by atoms with Gasteiger partial charge in [0.05, 0.1) is 0 Å². The molecule has 1 aromatic heterocycles. The van der Waals surface area contributed by atoms with Crippen molar-refractivity contribution in [3.05, 3.63) is 5.82 Å². The van der Waals surface area contributed by atoms with Crippen LogP contribution in [0.1, 0.15) is 32.0 Å². The van der Waals surface area contributed by atoms with E-state index in [-0.39, 0.29) is 0 Å². The van der Waals surface area contributed by atoms with Gasteiger partial charge in [0.1, 0.15) is 0 Å². The van der Waals surface area contributed by atoms with E-state index >= 15 is 0 Å². The number of nitrogens with zero attached hydrogens (tertiary/aromatic N) is 5. The standard InChI is InChI=1S/C7H11N5/c1-2-3-4-5-7-9-10-11-12(7)6-8/h2-5H2,1H3. The second-order valence-electron chi connectivity index (χ2n) is 2.56. The van der Waals surface area contributed by atoms with Crippen LogP contribution >= 0.6 is 0 Å². The van der Waals surface area contributed by atoms with Gasteiger partial charge in [-0.25, -0.2) is 0 Å². The summed E-state index contributed by atoms with van der Waals surface area (Å²) in [5, 5.41) is 19.2. The second kappa shape index (κ2) is 4.44. The van der Waals surface area contributed by atoms with E-state index in [9.17, 15) is 0 Å². The van der Waals surface area contributed by atoms with Crippen molar-refractivity contribution in [3.8, 4) is 6.19 Å². The Balaban J connectivity index is 2.46. The fourth-order valence-electron chi connectivity index (χ4n) is 0.972. The van der Waals surface area contributed by atoms with Crippen molar-refractivity contribution in [3.63, 3.8) is 0 Å². The zero-order valence-electron chi connectivity index (χ0n) is 7.06. The Kier molecular flexibility index (Phi) is 3.20. The first-order valence-electron chi connectivity index (χ1n) is 4.06. The first-order valence-corrected chi connectivity index (χ1v) is 4.06. The van der Waals surface area contributed by atoms with E-state index in [2.05, 4.69) is 22.4 Å². The van der Waals surface area contributed by atoms with E-state index < -0.39 is 0 Å². The maximum absolute atomic E-state index is 8.53. The molecule has 1 heterocycles. The van der Waals surface area contributed by atoms with Crippen LogP contribution in [-0.4, -0.2) is 20.2 Å². The molecule has 12 heavy (non-hydrogen) atoms. The number of aromatic nitrogens is 4. The molecule has 0 atom stereocenters. The minimum Gasteiger partial charge on any atom is -0.170 e. The molecular formula is C7H11N5. The normalized spacial score (nSPS) is 9.67. The van der Waals surface area contributed by atoms with Crippen LogP contribution in [0.5, 0.6) is 0 Å². The highest BCUT2D eigenvalue weighted by Gasteiger charge is 2.03. The summed E-state index contributed by atoms with van der Waals surface area (Å²) in [7, 11) is 0. The summed E-state index contributed by atoms with van der Waals surface area (Å²) < 4.78 is 1.16. The zero-order chi connectivity index (χ0) is 8.81. The third-order valence-corrected chi connectivity index (χ3v) is 1.63. The average molecular weight is 165 g/mol. The molecule has 0 aliphatic rings. The average Bonchev–Trinajstić information content (AvgIpc) is 2.52.